The average Bonchev–Trinajstić information content (AvgIpc) is 2.12. The van der Waals surface area contributed by atoms with Crippen molar-refractivity contribution in [1.82, 2.24) is 0 Å². The lowest BCUT2D eigenvalue weighted by Gasteiger charge is -2.09. The van der Waals surface area contributed by atoms with Gasteiger partial charge < -0.3 is 4.74 Å². The Hall–Kier alpha value is -0.590. The first-order chi connectivity index (χ1) is 7.26. The molecule has 0 aliphatic carbocycles. The summed E-state index contributed by atoms with van der Waals surface area (Å²) in [6.07, 6.45) is 0. The Morgan fingerprint density at radius 1 is 1.44 bits per heavy atom. The van der Waals surface area contributed by atoms with E-state index >= 15 is 0 Å². The second-order valence-corrected chi connectivity index (χ2v) is 6.02. The Morgan fingerprint density at radius 2 is 2.00 bits per heavy atom. The monoisotopic (exact) mass is 290 g/mol. The van der Waals surface area contributed by atoms with Gasteiger partial charge in [0.25, 0.3) is 0 Å². The van der Waals surface area contributed by atoms with Crippen LogP contribution in [0.3, 0.4) is 0 Å². The van der Waals surface area contributed by atoms with Gasteiger partial charge in [-0.3, -0.25) is 0 Å². The fraction of sp³-hybridized carbons (Fsp3) is 0.250. The fourth-order valence-electron chi connectivity index (χ4n) is 1.14. The number of ether oxygens (including phenoxy) is 1. The Kier molecular flexibility index (Phi) is 3.98. The maximum atomic E-state index is 13.4. The van der Waals surface area contributed by atoms with Crippen molar-refractivity contribution in [2.75, 3.05) is 7.11 Å². The maximum Gasteiger partial charge on any atom is 0.236 e. The highest BCUT2D eigenvalue weighted by molar-refractivity contribution is 8.13. The van der Waals surface area contributed by atoms with Gasteiger partial charge in [0.15, 0.2) is 11.6 Å². The lowest BCUT2D eigenvalue weighted by atomic mass is 10.2. The molecule has 0 atom stereocenters. The zero-order chi connectivity index (χ0) is 12.5. The molecule has 0 amide bonds. The molecule has 0 saturated heterocycles. The summed E-state index contributed by atoms with van der Waals surface area (Å²) in [5.41, 5.74) is -0.225. The molecule has 0 saturated carbocycles. The molecule has 0 bridgehead atoms. The Labute approximate surface area is 100 Å². The van der Waals surface area contributed by atoms with Crippen molar-refractivity contribution >= 4 is 31.3 Å². The lowest BCUT2D eigenvalue weighted by molar-refractivity contribution is 0.380. The highest BCUT2D eigenvalue weighted by Gasteiger charge is 2.21. The minimum Gasteiger partial charge on any atom is -0.493 e. The van der Waals surface area contributed by atoms with Crippen LogP contribution in [-0.2, 0) is 14.8 Å². The number of hydrogen-bond acceptors (Lipinski definition) is 3. The van der Waals surface area contributed by atoms with Crippen molar-refractivity contribution in [3.8, 4) is 5.75 Å². The zero-order valence-electron chi connectivity index (χ0n) is 7.93. The molecule has 0 heterocycles. The third-order valence-corrected chi connectivity index (χ3v) is 3.06. The SMILES string of the molecule is COc1c(CS(=O)(=O)Cl)cc(F)c(Cl)c1F. The lowest BCUT2D eigenvalue weighted by Crippen LogP contribution is -2.02. The van der Waals surface area contributed by atoms with Gasteiger partial charge in [0, 0.05) is 16.2 Å². The second-order valence-electron chi connectivity index (χ2n) is 2.86. The van der Waals surface area contributed by atoms with Crippen LogP contribution in [0.2, 0.25) is 5.02 Å². The Balaban J connectivity index is 3.39. The molecule has 0 aliphatic rings. The molecule has 90 valence electrons. The van der Waals surface area contributed by atoms with Crippen LogP contribution < -0.4 is 4.74 Å². The van der Waals surface area contributed by atoms with Gasteiger partial charge in [-0.05, 0) is 6.07 Å². The molecule has 16 heavy (non-hydrogen) atoms. The van der Waals surface area contributed by atoms with Gasteiger partial charge in [0.05, 0.1) is 12.9 Å². The van der Waals surface area contributed by atoms with Gasteiger partial charge in [-0.1, -0.05) is 11.6 Å². The van der Waals surface area contributed by atoms with Crippen molar-refractivity contribution in [1.29, 1.82) is 0 Å². The van der Waals surface area contributed by atoms with Crippen LogP contribution in [0.15, 0.2) is 6.07 Å². The van der Waals surface area contributed by atoms with Crippen LogP contribution in [0.1, 0.15) is 5.56 Å². The second kappa shape index (κ2) is 4.73. The molecule has 1 rings (SSSR count). The minimum atomic E-state index is -3.94. The highest BCUT2D eigenvalue weighted by atomic mass is 35.7. The van der Waals surface area contributed by atoms with E-state index in [4.69, 9.17) is 22.3 Å². The van der Waals surface area contributed by atoms with Gasteiger partial charge >= 0.3 is 0 Å². The quantitative estimate of drug-likeness (QED) is 0.635. The minimum absolute atomic E-state index is 0.225. The van der Waals surface area contributed by atoms with Gasteiger partial charge in [0.1, 0.15) is 10.8 Å². The number of methoxy groups -OCH3 is 1. The molecular weight excluding hydrogens is 285 g/mol. The van der Waals surface area contributed by atoms with Crippen molar-refractivity contribution in [2.24, 2.45) is 0 Å². The van der Waals surface area contributed by atoms with E-state index in [0.29, 0.717) is 0 Å². The van der Waals surface area contributed by atoms with Gasteiger partial charge in [0.2, 0.25) is 9.05 Å². The van der Waals surface area contributed by atoms with Gasteiger partial charge in [-0.15, -0.1) is 0 Å². The Bertz CT molecular complexity index is 517. The van der Waals surface area contributed by atoms with Crippen LogP contribution in [0.4, 0.5) is 8.78 Å². The van der Waals surface area contributed by atoms with Crippen LogP contribution in [-0.4, -0.2) is 15.5 Å². The first-order valence-electron chi connectivity index (χ1n) is 3.89. The molecule has 0 spiro atoms. The molecular formula is C8H6Cl2F2O3S. The summed E-state index contributed by atoms with van der Waals surface area (Å²) in [6.45, 7) is 0. The van der Waals surface area contributed by atoms with E-state index in [1.54, 1.807) is 0 Å². The van der Waals surface area contributed by atoms with Crippen molar-refractivity contribution < 1.29 is 21.9 Å². The van der Waals surface area contributed by atoms with E-state index in [1.165, 1.54) is 0 Å². The van der Waals surface area contributed by atoms with E-state index in [9.17, 15) is 17.2 Å². The molecule has 1 aromatic carbocycles. The third kappa shape index (κ3) is 2.96. The van der Waals surface area contributed by atoms with E-state index in [2.05, 4.69) is 4.74 Å². The summed E-state index contributed by atoms with van der Waals surface area (Å²) in [5.74, 6) is -3.41. The predicted octanol–water partition coefficient (Wildman–Crippen LogP) is 2.70. The summed E-state index contributed by atoms with van der Waals surface area (Å²) in [7, 11) is 2.15. The van der Waals surface area contributed by atoms with E-state index in [1.807, 2.05) is 0 Å². The summed E-state index contributed by atoms with van der Waals surface area (Å²) in [5, 5.41) is -0.757. The normalized spacial score (nSPS) is 11.6. The molecule has 8 heteroatoms. The van der Waals surface area contributed by atoms with E-state index < -0.39 is 37.2 Å². The smallest absolute Gasteiger partial charge is 0.236 e. The van der Waals surface area contributed by atoms with E-state index in [-0.39, 0.29) is 5.56 Å². The first-order valence-corrected chi connectivity index (χ1v) is 6.74. The first kappa shape index (κ1) is 13.5. The van der Waals surface area contributed by atoms with Crippen molar-refractivity contribution in [3.63, 3.8) is 0 Å². The molecule has 0 aliphatic heterocycles. The predicted molar refractivity (Wildman–Crippen MR) is 56.4 cm³/mol. The van der Waals surface area contributed by atoms with Crippen LogP contribution in [0.5, 0.6) is 5.75 Å². The molecule has 0 N–H and O–H groups in total. The largest absolute Gasteiger partial charge is 0.493 e. The van der Waals surface area contributed by atoms with Crippen molar-refractivity contribution in [3.05, 3.63) is 28.3 Å². The molecule has 1 aromatic rings. The number of halogens is 4. The molecule has 3 nitrogen and oxygen atoms in total. The molecule has 0 fully saturated rings. The average molecular weight is 291 g/mol. The summed E-state index contributed by atoms with van der Waals surface area (Å²) >= 11 is 5.29. The topological polar surface area (TPSA) is 43.4 Å². The zero-order valence-corrected chi connectivity index (χ0v) is 10.3. The highest BCUT2D eigenvalue weighted by Crippen LogP contribution is 2.32. The summed E-state index contributed by atoms with van der Waals surface area (Å²) < 4.78 is 52.7. The molecule has 0 unspecified atom stereocenters. The summed E-state index contributed by atoms with van der Waals surface area (Å²) in [6, 6.07) is 0.768. The number of benzene rings is 1. The summed E-state index contributed by atoms with van der Waals surface area (Å²) in [4.78, 5) is 0. The van der Waals surface area contributed by atoms with Crippen LogP contribution in [0.25, 0.3) is 0 Å². The Morgan fingerprint density at radius 3 is 2.44 bits per heavy atom. The molecule has 0 aromatic heterocycles. The van der Waals surface area contributed by atoms with Crippen LogP contribution >= 0.6 is 22.3 Å². The van der Waals surface area contributed by atoms with Crippen LogP contribution in [0, 0.1) is 11.6 Å². The van der Waals surface area contributed by atoms with Gasteiger partial charge in [-0.25, -0.2) is 17.2 Å². The number of hydrogen-bond donors (Lipinski definition) is 0. The maximum absolute atomic E-state index is 13.4. The van der Waals surface area contributed by atoms with Gasteiger partial charge in [-0.2, -0.15) is 0 Å². The van der Waals surface area contributed by atoms with E-state index in [0.717, 1.165) is 13.2 Å². The standard InChI is InChI=1S/C8H6Cl2F2O3S/c1-15-8-4(3-16(10,13)14)2-5(11)6(9)7(8)12/h2H,3H2,1H3. The number of rotatable bonds is 3. The van der Waals surface area contributed by atoms with Crippen molar-refractivity contribution in [2.45, 2.75) is 5.75 Å². The third-order valence-electron chi connectivity index (χ3n) is 1.73. The molecule has 0 radical (unpaired) electrons. The fourth-order valence-corrected chi connectivity index (χ4v) is 2.22.